The highest BCUT2D eigenvalue weighted by Gasteiger charge is 2.39. The van der Waals surface area contributed by atoms with E-state index in [-0.39, 0.29) is 35.5 Å². The number of hydrogen-bond donors (Lipinski definition) is 4. The summed E-state index contributed by atoms with van der Waals surface area (Å²) in [6.45, 7) is 4.04. The van der Waals surface area contributed by atoms with Crippen molar-refractivity contribution in [3.63, 3.8) is 0 Å². The number of carbonyl (C=O) groups excluding carboxylic acids is 3. The summed E-state index contributed by atoms with van der Waals surface area (Å²) < 4.78 is 5.47. The Bertz CT molecular complexity index is 1080. The predicted octanol–water partition coefficient (Wildman–Crippen LogP) is 1.79. The molecule has 0 bridgehead atoms. The summed E-state index contributed by atoms with van der Waals surface area (Å²) in [6.07, 6.45) is 4.94. The number of amides is 2. The zero-order valence-corrected chi connectivity index (χ0v) is 18.5. The van der Waals surface area contributed by atoms with E-state index >= 15 is 0 Å². The maximum absolute atomic E-state index is 13.2. The van der Waals surface area contributed by atoms with Crippen molar-refractivity contribution in [2.24, 2.45) is 5.41 Å². The van der Waals surface area contributed by atoms with Crippen LogP contribution >= 0.6 is 0 Å². The summed E-state index contributed by atoms with van der Waals surface area (Å²) in [5, 5.41) is 5.70. The van der Waals surface area contributed by atoms with Gasteiger partial charge in [0.2, 0.25) is 5.91 Å². The van der Waals surface area contributed by atoms with Crippen LogP contribution in [0.3, 0.4) is 0 Å². The minimum atomic E-state index is -0.780. The summed E-state index contributed by atoms with van der Waals surface area (Å²) in [4.78, 5) is 55.3. The van der Waals surface area contributed by atoms with Crippen LogP contribution < -0.4 is 16.3 Å². The molecule has 1 aliphatic carbocycles. The van der Waals surface area contributed by atoms with Crippen molar-refractivity contribution in [1.29, 1.82) is 0 Å². The van der Waals surface area contributed by atoms with Crippen LogP contribution in [0.4, 0.5) is 0 Å². The second-order valence-electron chi connectivity index (χ2n) is 9.30. The van der Waals surface area contributed by atoms with E-state index in [0.29, 0.717) is 29.4 Å². The lowest BCUT2D eigenvalue weighted by molar-refractivity contribution is -0.128. The zero-order valence-electron chi connectivity index (χ0n) is 18.5. The molecule has 0 unspecified atom stereocenters. The molecule has 4 N–H and O–H groups in total. The molecule has 1 aliphatic heterocycles. The Morgan fingerprint density at radius 2 is 1.91 bits per heavy atom. The molecule has 2 fully saturated rings. The maximum Gasteiger partial charge on any atom is 0.323 e. The van der Waals surface area contributed by atoms with E-state index < -0.39 is 18.0 Å². The Morgan fingerprint density at radius 3 is 2.62 bits per heavy atom. The van der Waals surface area contributed by atoms with Crippen molar-refractivity contribution in [3.8, 4) is 0 Å². The van der Waals surface area contributed by atoms with Gasteiger partial charge >= 0.3 is 5.69 Å². The second kappa shape index (κ2) is 8.90. The topological polar surface area (TPSA) is 133 Å². The van der Waals surface area contributed by atoms with Gasteiger partial charge in [0.15, 0.2) is 5.78 Å². The third-order valence-corrected chi connectivity index (χ3v) is 6.77. The minimum absolute atomic E-state index is 0.00687. The van der Waals surface area contributed by atoms with E-state index in [9.17, 15) is 19.2 Å². The maximum atomic E-state index is 13.2. The largest absolute Gasteiger partial charge is 0.368 e. The van der Waals surface area contributed by atoms with Crippen molar-refractivity contribution in [2.75, 3.05) is 6.61 Å². The normalized spacial score (nSPS) is 23.4. The molecule has 0 spiro atoms. The summed E-state index contributed by atoms with van der Waals surface area (Å²) in [7, 11) is 0. The van der Waals surface area contributed by atoms with Gasteiger partial charge in [0, 0.05) is 5.56 Å². The van der Waals surface area contributed by atoms with Gasteiger partial charge in [-0.1, -0.05) is 26.7 Å². The van der Waals surface area contributed by atoms with Crippen LogP contribution in [0.5, 0.6) is 0 Å². The first kappa shape index (κ1) is 22.3. The molecular weight excluding hydrogens is 412 g/mol. The molecule has 9 nitrogen and oxygen atoms in total. The van der Waals surface area contributed by atoms with Crippen LogP contribution in [0.15, 0.2) is 23.0 Å². The molecule has 2 aromatic rings. The first-order chi connectivity index (χ1) is 15.3. The third-order valence-electron chi connectivity index (χ3n) is 6.77. The molecule has 2 heterocycles. The fourth-order valence-electron chi connectivity index (χ4n) is 4.91. The first-order valence-corrected chi connectivity index (χ1v) is 11.3. The number of nitrogens with one attached hydrogen (secondary N) is 4. The molecule has 0 radical (unpaired) electrons. The van der Waals surface area contributed by atoms with Crippen LogP contribution in [-0.2, 0) is 14.3 Å². The number of fused-ring (bicyclic) bond motifs is 1. The van der Waals surface area contributed by atoms with Crippen LogP contribution in [-0.4, -0.2) is 52.4 Å². The Labute approximate surface area is 185 Å². The van der Waals surface area contributed by atoms with Crippen molar-refractivity contribution in [2.45, 2.75) is 70.6 Å². The van der Waals surface area contributed by atoms with Gasteiger partial charge in [-0.25, -0.2) is 4.79 Å². The highest BCUT2D eigenvalue weighted by atomic mass is 16.5. The lowest BCUT2D eigenvalue weighted by Crippen LogP contribution is -2.54. The van der Waals surface area contributed by atoms with Gasteiger partial charge < -0.3 is 25.3 Å². The summed E-state index contributed by atoms with van der Waals surface area (Å²) in [5.41, 5.74) is 1.06. The van der Waals surface area contributed by atoms with Gasteiger partial charge in [-0.15, -0.1) is 0 Å². The number of carbonyl (C=O) groups is 3. The fourth-order valence-corrected chi connectivity index (χ4v) is 4.91. The molecule has 4 rings (SSSR count). The molecule has 1 saturated heterocycles. The highest BCUT2D eigenvalue weighted by molar-refractivity contribution is 6.00. The quantitative estimate of drug-likeness (QED) is 0.519. The molecule has 2 aliphatic rings. The molecule has 1 aromatic carbocycles. The van der Waals surface area contributed by atoms with Crippen LogP contribution in [0.2, 0.25) is 0 Å². The predicted molar refractivity (Wildman–Crippen MR) is 118 cm³/mol. The average Bonchev–Trinajstić information content (AvgIpc) is 3.45. The van der Waals surface area contributed by atoms with Gasteiger partial charge in [-0.05, 0) is 49.3 Å². The van der Waals surface area contributed by atoms with Gasteiger partial charge in [-0.3, -0.25) is 14.4 Å². The van der Waals surface area contributed by atoms with Crippen LogP contribution in [0.25, 0.3) is 11.0 Å². The number of aromatic nitrogens is 2. The lowest BCUT2D eigenvalue weighted by Gasteiger charge is -2.30. The number of Topliss-reactive ketones (excluding diaryl/α,β-unsaturated/α-hetero) is 1. The third kappa shape index (κ3) is 4.62. The van der Waals surface area contributed by atoms with Gasteiger partial charge in [0.05, 0.1) is 17.1 Å². The van der Waals surface area contributed by atoms with E-state index in [4.69, 9.17) is 4.74 Å². The Hall–Kier alpha value is -2.94. The molecule has 1 aromatic heterocycles. The van der Waals surface area contributed by atoms with Gasteiger partial charge in [0.25, 0.3) is 5.91 Å². The Balaban J connectivity index is 1.53. The van der Waals surface area contributed by atoms with E-state index in [1.54, 1.807) is 18.2 Å². The van der Waals surface area contributed by atoms with Crippen LogP contribution in [0.1, 0.15) is 62.7 Å². The average molecular weight is 443 g/mol. The second-order valence-corrected chi connectivity index (χ2v) is 9.30. The van der Waals surface area contributed by atoms with E-state index in [1.165, 1.54) is 0 Å². The van der Waals surface area contributed by atoms with E-state index in [1.807, 2.05) is 6.92 Å². The number of ether oxygens (including phenoxy) is 1. The van der Waals surface area contributed by atoms with Gasteiger partial charge in [-0.2, -0.15) is 0 Å². The zero-order chi connectivity index (χ0) is 22.9. The lowest BCUT2D eigenvalue weighted by atomic mass is 9.81. The number of H-pyrrole nitrogens is 2. The smallest absolute Gasteiger partial charge is 0.323 e. The molecule has 3 atom stereocenters. The summed E-state index contributed by atoms with van der Waals surface area (Å²) >= 11 is 0. The van der Waals surface area contributed by atoms with E-state index in [0.717, 1.165) is 25.7 Å². The summed E-state index contributed by atoms with van der Waals surface area (Å²) in [6, 6.07) is 3.36. The number of rotatable bonds is 7. The Kier molecular flexibility index (Phi) is 6.19. The van der Waals surface area contributed by atoms with Gasteiger partial charge in [0.1, 0.15) is 18.7 Å². The van der Waals surface area contributed by atoms with Crippen molar-refractivity contribution >= 4 is 28.6 Å². The minimum Gasteiger partial charge on any atom is -0.368 e. The molecule has 32 heavy (non-hydrogen) atoms. The molecule has 2 amide bonds. The van der Waals surface area contributed by atoms with Crippen molar-refractivity contribution in [3.05, 3.63) is 34.2 Å². The highest BCUT2D eigenvalue weighted by Crippen LogP contribution is 2.41. The van der Waals surface area contributed by atoms with Crippen LogP contribution in [0, 0.1) is 5.41 Å². The number of benzene rings is 1. The molecule has 1 saturated carbocycles. The monoisotopic (exact) mass is 442 g/mol. The van der Waals surface area contributed by atoms with Crippen molar-refractivity contribution < 1.29 is 19.1 Å². The molecule has 172 valence electrons. The number of ketones is 1. The number of aromatic amines is 2. The number of hydrogen-bond acceptors (Lipinski definition) is 5. The van der Waals surface area contributed by atoms with E-state index in [2.05, 4.69) is 27.5 Å². The summed E-state index contributed by atoms with van der Waals surface area (Å²) in [5.74, 6) is -0.925. The molecule has 9 heteroatoms. The first-order valence-electron chi connectivity index (χ1n) is 11.3. The fraction of sp³-hybridized carbons (Fsp3) is 0.565. The van der Waals surface area contributed by atoms with Crippen molar-refractivity contribution in [1.82, 2.24) is 20.6 Å². The molecular formula is C23H30N4O5. The number of imidazole rings is 1. The Morgan fingerprint density at radius 1 is 1.19 bits per heavy atom. The SMILES string of the molecule is CC[C@@H]1OCC(=O)[C@H]1NC(=O)[C@H](CC1(C)CCCC1)NC(=O)c1ccc2[nH]c(=O)[nH]c2c1. The standard InChI is InChI=1S/C23H30N4O5/c1-3-18-19(17(28)12-32-18)27-21(30)16(11-23(2)8-4-5-9-23)24-20(29)13-6-7-14-15(10-13)26-22(31)25-14/h6-7,10,16,18-19H,3-5,8-9,11-12H2,1-2H3,(H,24,29)(H,27,30)(H2,25,26,31)/t16-,18-,19+/m0/s1.